The zero-order valence-electron chi connectivity index (χ0n) is 16.1. The number of hydrogen-bond acceptors (Lipinski definition) is 3. The van der Waals surface area contributed by atoms with Crippen LogP contribution < -0.4 is 0 Å². The number of phenols is 3. The highest BCUT2D eigenvalue weighted by atomic mass is 16.3. The van der Waals surface area contributed by atoms with Crippen molar-refractivity contribution in [2.45, 2.75) is 45.4 Å². The van der Waals surface area contributed by atoms with Crippen LogP contribution in [0.2, 0.25) is 0 Å². The van der Waals surface area contributed by atoms with Gasteiger partial charge in [-0.3, -0.25) is 0 Å². The second-order valence-electron chi connectivity index (χ2n) is 7.73. The van der Waals surface area contributed by atoms with Crippen molar-refractivity contribution in [3.8, 4) is 17.2 Å². The Labute approximate surface area is 161 Å². The van der Waals surface area contributed by atoms with Crippen LogP contribution in [0, 0.1) is 5.92 Å². The summed E-state index contributed by atoms with van der Waals surface area (Å²) in [7, 11) is 0. The molecule has 3 N–H and O–H groups in total. The van der Waals surface area contributed by atoms with Crippen molar-refractivity contribution in [2.75, 3.05) is 0 Å². The molecule has 3 heteroatoms. The largest absolute Gasteiger partial charge is 0.508 e. The molecule has 0 aliphatic heterocycles. The second-order valence-corrected chi connectivity index (χ2v) is 7.73. The van der Waals surface area contributed by atoms with Gasteiger partial charge in [0.2, 0.25) is 0 Å². The maximum Gasteiger partial charge on any atom is 0.123 e. The van der Waals surface area contributed by atoms with Crippen molar-refractivity contribution < 1.29 is 15.3 Å². The van der Waals surface area contributed by atoms with Crippen LogP contribution in [0.25, 0.3) is 0 Å². The van der Waals surface area contributed by atoms with Crippen LogP contribution in [0.5, 0.6) is 17.2 Å². The zero-order chi connectivity index (χ0) is 19.6. The Bertz CT molecular complexity index is 862. The van der Waals surface area contributed by atoms with E-state index in [1.807, 2.05) is 12.1 Å². The summed E-state index contributed by atoms with van der Waals surface area (Å²) in [6.07, 6.45) is 5.80. The van der Waals surface area contributed by atoms with E-state index in [4.69, 9.17) is 0 Å². The van der Waals surface area contributed by atoms with Gasteiger partial charge in [-0.2, -0.15) is 0 Å². The van der Waals surface area contributed by atoms with E-state index in [9.17, 15) is 15.3 Å². The third-order valence-electron chi connectivity index (χ3n) is 5.56. The summed E-state index contributed by atoms with van der Waals surface area (Å²) < 4.78 is 0. The zero-order valence-corrected chi connectivity index (χ0v) is 16.1. The van der Waals surface area contributed by atoms with Gasteiger partial charge in [0.05, 0.1) is 0 Å². The van der Waals surface area contributed by atoms with Crippen LogP contribution in [0.4, 0.5) is 0 Å². The first-order valence-electron chi connectivity index (χ1n) is 9.50. The Morgan fingerprint density at radius 2 is 1.74 bits per heavy atom. The monoisotopic (exact) mass is 364 g/mol. The van der Waals surface area contributed by atoms with Crippen LogP contribution in [0.3, 0.4) is 0 Å². The van der Waals surface area contributed by atoms with E-state index >= 15 is 0 Å². The van der Waals surface area contributed by atoms with Crippen molar-refractivity contribution in [1.82, 2.24) is 0 Å². The van der Waals surface area contributed by atoms with Crippen LogP contribution in [0.1, 0.15) is 49.3 Å². The van der Waals surface area contributed by atoms with Crippen LogP contribution in [-0.4, -0.2) is 15.3 Å². The van der Waals surface area contributed by atoms with Gasteiger partial charge in [0, 0.05) is 17.5 Å². The summed E-state index contributed by atoms with van der Waals surface area (Å²) >= 11 is 0. The molecule has 1 aliphatic carbocycles. The van der Waals surface area contributed by atoms with Crippen molar-refractivity contribution in [1.29, 1.82) is 0 Å². The van der Waals surface area contributed by atoms with Crippen molar-refractivity contribution in [2.24, 2.45) is 5.92 Å². The molecule has 0 fully saturated rings. The van der Waals surface area contributed by atoms with Gasteiger partial charge in [0.25, 0.3) is 0 Å². The highest BCUT2D eigenvalue weighted by Crippen LogP contribution is 2.45. The van der Waals surface area contributed by atoms with Gasteiger partial charge in [-0.1, -0.05) is 35.9 Å². The maximum absolute atomic E-state index is 10.7. The number of hydrogen-bond donors (Lipinski definition) is 3. The molecule has 0 radical (unpaired) electrons. The molecule has 0 bridgehead atoms. The summed E-state index contributed by atoms with van der Waals surface area (Å²) in [6, 6.07) is 10.4. The first-order chi connectivity index (χ1) is 12.8. The smallest absolute Gasteiger partial charge is 0.123 e. The average molecular weight is 364 g/mol. The normalized spacial score (nSPS) is 19.6. The van der Waals surface area contributed by atoms with E-state index in [1.165, 1.54) is 11.6 Å². The number of aromatic hydroxyl groups is 3. The molecule has 2 aromatic carbocycles. The molecule has 0 saturated carbocycles. The van der Waals surface area contributed by atoms with Crippen molar-refractivity contribution in [3.63, 3.8) is 0 Å². The molecule has 1 aliphatic rings. The van der Waals surface area contributed by atoms with E-state index in [0.29, 0.717) is 6.42 Å². The molecular formula is C24H28O3. The topological polar surface area (TPSA) is 60.7 Å². The minimum absolute atomic E-state index is 0.0756. The Balaban J connectivity index is 1.97. The van der Waals surface area contributed by atoms with Crippen molar-refractivity contribution in [3.05, 3.63) is 76.9 Å². The number of aryl methyl sites for hydroxylation is 2. The number of benzene rings is 2. The highest BCUT2D eigenvalue weighted by Gasteiger charge is 2.29. The first kappa shape index (κ1) is 19.1. The van der Waals surface area contributed by atoms with E-state index in [2.05, 4.69) is 26.5 Å². The summed E-state index contributed by atoms with van der Waals surface area (Å²) in [5.41, 5.74) is 5.42. The molecule has 2 atom stereocenters. The minimum Gasteiger partial charge on any atom is -0.508 e. The maximum atomic E-state index is 10.7. The lowest BCUT2D eigenvalue weighted by molar-refractivity contribution is 0.423. The van der Waals surface area contributed by atoms with Crippen LogP contribution in [-0.2, 0) is 12.8 Å². The lowest BCUT2D eigenvalue weighted by atomic mass is 9.72. The van der Waals surface area contributed by atoms with E-state index in [0.717, 1.165) is 41.5 Å². The van der Waals surface area contributed by atoms with Gasteiger partial charge in [-0.15, -0.1) is 0 Å². The third kappa shape index (κ3) is 4.36. The lowest BCUT2D eigenvalue weighted by Crippen LogP contribution is -2.18. The van der Waals surface area contributed by atoms with Crippen LogP contribution in [0.15, 0.2) is 60.2 Å². The van der Waals surface area contributed by atoms with Gasteiger partial charge in [0.1, 0.15) is 17.2 Å². The fraction of sp³-hybridized carbons (Fsp3) is 0.333. The van der Waals surface area contributed by atoms with Crippen LogP contribution >= 0.6 is 0 Å². The summed E-state index contributed by atoms with van der Waals surface area (Å²) in [5.74, 6) is 0.850. The fourth-order valence-electron chi connectivity index (χ4n) is 4.12. The molecule has 142 valence electrons. The van der Waals surface area contributed by atoms with E-state index < -0.39 is 0 Å². The molecule has 0 heterocycles. The Kier molecular flexibility index (Phi) is 5.59. The number of rotatable bonds is 5. The predicted molar refractivity (Wildman–Crippen MR) is 109 cm³/mol. The molecule has 2 aromatic rings. The quantitative estimate of drug-likeness (QED) is 0.605. The lowest BCUT2D eigenvalue weighted by Gasteiger charge is -2.32. The summed E-state index contributed by atoms with van der Waals surface area (Å²) in [6.45, 7) is 8.36. The minimum atomic E-state index is 0.0756. The van der Waals surface area contributed by atoms with Gasteiger partial charge in [-0.25, -0.2) is 0 Å². The fourth-order valence-corrected chi connectivity index (χ4v) is 4.12. The molecule has 0 amide bonds. The highest BCUT2D eigenvalue weighted by molar-refractivity contribution is 5.50. The first-order valence-corrected chi connectivity index (χ1v) is 9.50. The van der Waals surface area contributed by atoms with E-state index in [-0.39, 0.29) is 29.1 Å². The molecule has 0 saturated heterocycles. The molecule has 27 heavy (non-hydrogen) atoms. The second kappa shape index (κ2) is 7.91. The SMILES string of the molecule is C=C(C)[C@H]1CCC(C)=C[C@H]1c1c(O)cc(O)cc1CCc1ccc(O)cc1. The summed E-state index contributed by atoms with van der Waals surface area (Å²) in [4.78, 5) is 0. The molecule has 0 unspecified atom stereocenters. The molecular weight excluding hydrogens is 336 g/mol. The molecule has 3 nitrogen and oxygen atoms in total. The van der Waals surface area contributed by atoms with Gasteiger partial charge >= 0.3 is 0 Å². The number of phenolic OH excluding ortho intramolecular Hbond substituents is 3. The third-order valence-corrected chi connectivity index (χ3v) is 5.56. The van der Waals surface area contributed by atoms with Gasteiger partial charge in [0.15, 0.2) is 0 Å². The standard InChI is InChI=1S/C24H28O3/c1-15(2)21-11-4-16(3)12-22(21)24-18(13-20(26)14-23(24)27)8-5-17-6-9-19(25)10-7-17/h6-7,9-10,12-14,21-22,25-27H,1,4-5,8,11H2,2-3H3/t21-,22-/m1/s1. The Morgan fingerprint density at radius 3 is 2.41 bits per heavy atom. The van der Waals surface area contributed by atoms with E-state index in [1.54, 1.807) is 18.2 Å². The Morgan fingerprint density at radius 1 is 1.04 bits per heavy atom. The molecule has 0 aromatic heterocycles. The van der Waals surface area contributed by atoms with Gasteiger partial charge in [-0.05, 0) is 74.8 Å². The Hall–Kier alpha value is -2.68. The number of allylic oxidation sites excluding steroid dienone is 3. The predicted octanol–water partition coefficient (Wildman–Crippen LogP) is 5.60. The average Bonchev–Trinajstić information content (AvgIpc) is 2.60. The molecule has 3 rings (SSSR count). The van der Waals surface area contributed by atoms with Gasteiger partial charge < -0.3 is 15.3 Å². The summed E-state index contributed by atoms with van der Waals surface area (Å²) in [5, 5.41) is 30.2. The molecule has 0 spiro atoms. The van der Waals surface area contributed by atoms with Crippen molar-refractivity contribution >= 4 is 0 Å².